The standard InChI is InChI=1S/C17H26N4O.ClH/c1-12(2)16-15(10-18-11-20-16)17(22)21-7-5-14(6-8-21)19-9-13-3-4-13;/h10-14,19H,3-9H2,1-2H3;1H. The first-order chi connectivity index (χ1) is 10.6. The summed E-state index contributed by atoms with van der Waals surface area (Å²) in [5.74, 6) is 1.24. The van der Waals surface area contributed by atoms with Crippen molar-refractivity contribution >= 4 is 18.3 Å². The molecular weight excluding hydrogens is 312 g/mol. The highest BCUT2D eigenvalue weighted by Gasteiger charge is 2.27. The van der Waals surface area contributed by atoms with Crippen molar-refractivity contribution in [2.75, 3.05) is 19.6 Å². The van der Waals surface area contributed by atoms with Gasteiger partial charge < -0.3 is 10.2 Å². The molecule has 0 unspecified atom stereocenters. The van der Waals surface area contributed by atoms with Crippen LogP contribution in [-0.2, 0) is 0 Å². The minimum absolute atomic E-state index is 0. The van der Waals surface area contributed by atoms with Crippen molar-refractivity contribution in [3.05, 3.63) is 23.8 Å². The lowest BCUT2D eigenvalue weighted by Crippen LogP contribution is -2.45. The molecule has 1 aliphatic heterocycles. The van der Waals surface area contributed by atoms with Crippen LogP contribution in [0.1, 0.15) is 61.5 Å². The SMILES string of the molecule is CC(C)c1ncncc1C(=O)N1CCC(NCC2CC2)CC1.Cl. The molecule has 1 amide bonds. The summed E-state index contributed by atoms with van der Waals surface area (Å²) < 4.78 is 0. The second-order valence-corrected chi connectivity index (χ2v) is 6.89. The van der Waals surface area contributed by atoms with E-state index in [4.69, 9.17) is 0 Å². The molecule has 5 nitrogen and oxygen atoms in total. The van der Waals surface area contributed by atoms with Crippen molar-refractivity contribution in [2.24, 2.45) is 5.92 Å². The Bertz CT molecular complexity index is 525. The third kappa shape index (κ3) is 4.64. The number of nitrogens with zero attached hydrogens (tertiary/aromatic N) is 3. The Labute approximate surface area is 144 Å². The summed E-state index contributed by atoms with van der Waals surface area (Å²) in [5.41, 5.74) is 1.52. The summed E-state index contributed by atoms with van der Waals surface area (Å²) in [6.07, 6.45) is 8.06. The fourth-order valence-corrected chi connectivity index (χ4v) is 3.08. The van der Waals surface area contributed by atoms with Crippen LogP contribution in [0.25, 0.3) is 0 Å². The fraction of sp³-hybridized carbons (Fsp3) is 0.706. The Kier molecular flexibility index (Phi) is 6.36. The average Bonchev–Trinajstić information content (AvgIpc) is 3.37. The molecule has 23 heavy (non-hydrogen) atoms. The Morgan fingerprint density at radius 3 is 2.61 bits per heavy atom. The quantitative estimate of drug-likeness (QED) is 0.896. The lowest BCUT2D eigenvalue weighted by Gasteiger charge is -2.33. The first kappa shape index (κ1) is 18.1. The zero-order valence-corrected chi connectivity index (χ0v) is 14.8. The molecule has 128 valence electrons. The summed E-state index contributed by atoms with van der Waals surface area (Å²) in [4.78, 5) is 23.0. The van der Waals surface area contributed by atoms with Crippen LogP contribution in [0.3, 0.4) is 0 Å². The monoisotopic (exact) mass is 338 g/mol. The topological polar surface area (TPSA) is 58.1 Å². The molecule has 0 radical (unpaired) electrons. The van der Waals surface area contributed by atoms with Crippen molar-refractivity contribution in [2.45, 2.75) is 51.5 Å². The van der Waals surface area contributed by atoms with E-state index >= 15 is 0 Å². The fourth-order valence-electron chi connectivity index (χ4n) is 3.08. The molecule has 0 aromatic carbocycles. The van der Waals surface area contributed by atoms with E-state index < -0.39 is 0 Å². The van der Waals surface area contributed by atoms with Crippen molar-refractivity contribution in [3.8, 4) is 0 Å². The van der Waals surface area contributed by atoms with E-state index in [1.54, 1.807) is 6.20 Å². The zero-order chi connectivity index (χ0) is 15.5. The molecule has 2 aliphatic rings. The maximum Gasteiger partial charge on any atom is 0.257 e. The largest absolute Gasteiger partial charge is 0.338 e. The normalized spacial score (nSPS) is 18.8. The lowest BCUT2D eigenvalue weighted by atomic mass is 10.0. The highest BCUT2D eigenvalue weighted by atomic mass is 35.5. The molecule has 2 heterocycles. The van der Waals surface area contributed by atoms with Crippen LogP contribution < -0.4 is 5.32 Å². The molecule has 1 saturated carbocycles. The molecule has 0 atom stereocenters. The van der Waals surface area contributed by atoms with Gasteiger partial charge in [-0.2, -0.15) is 0 Å². The van der Waals surface area contributed by atoms with Gasteiger partial charge in [0.15, 0.2) is 0 Å². The van der Waals surface area contributed by atoms with Gasteiger partial charge in [0.2, 0.25) is 0 Å². The van der Waals surface area contributed by atoms with Gasteiger partial charge in [-0.25, -0.2) is 9.97 Å². The van der Waals surface area contributed by atoms with E-state index in [1.165, 1.54) is 19.2 Å². The number of hydrogen-bond donors (Lipinski definition) is 1. The molecular formula is C17H27ClN4O. The molecule has 1 aliphatic carbocycles. The Balaban J connectivity index is 0.00000192. The first-order valence-electron chi connectivity index (χ1n) is 8.47. The van der Waals surface area contributed by atoms with Crippen LogP contribution in [0.15, 0.2) is 12.5 Å². The molecule has 6 heteroatoms. The smallest absolute Gasteiger partial charge is 0.257 e. The average molecular weight is 339 g/mol. The van der Waals surface area contributed by atoms with E-state index in [-0.39, 0.29) is 24.2 Å². The van der Waals surface area contributed by atoms with Gasteiger partial charge in [-0.15, -0.1) is 12.4 Å². The van der Waals surface area contributed by atoms with Crippen LogP contribution in [0.2, 0.25) is 0 Å². The van der Waals surface area contributed by atoms with Gasteiger partial charge in [0.05, 0.1) is 11.3 Å². The summed E-state index contributed by atoms with van der Waals surface area (Å²) in [5, 5.41) is 3.65. The number of piperidine rings is 1. The van der Waals surface area contributed by atoms with Gasteiger partial charge >= 0.3 is 0 Å². The zero-order valence-electron chi connectivity index (χ0n) is 14.0. The van der Waals surface area contributed by atoms with E-state index in [1.807, 2.05) is 4.90 Å². The third-order valence-electron chi connectivity index (χ3n) is 4.69. The number of rotatable bonds is 5. The molecule has 2 fully saturated rings. The minimum atomic E-state index is 0. The van der Waals surface area contributed by atoms with Gasteiger partial charge in [0, 0.05) is 25.3 Å². The van der Waals surface area contributed by atoms with Gasteiger partial charge in [-0.05, 0) is 44.1 Å². The van der Waals surface area contributed by atoms with Crippen molar-refractivity contribution in [1.29, 1.82) is 0 Å². The number of carbonyl (C=O) groups excluding carboxylic acids is 1. The Morgan fingerprint density at radius 2 is 2.00 bits per heavy atom. The first-order valence-corrected chi connectivity index (χ1v) is 8.47. The van der Waals surface area contributed by atoms with E-state index in [2.05, 4.69) is 29.1 Å². The lowest BCUT2D eigenvalue weighted by molar-refractivity contribution is 0.0702. The third-order valence-corrected chi connectivity index (χ3v) is 4.69. The molecule has 1 aromatic heterocycles. The predicted octanol–water partition coefficient (Wildman–Crippen LogP) is 2.63. The van der Waals surface area contributed by atoms with Crippen LogP contribution >= 0.6 is 12.4 Å². The second-order valence-electron chi connectivity index (χ2n) is 6.89. The van der Waals surface area contributed by atoms with Gasteiger partial charge in [-0.1, -0.05) is 13.8 Å². The molecule has 0 spiro atoms. The minimum Gasteiger partial charge on any atom is -0.338 e. The molecule has 1 N–H and O–H groups in total. The summed E-state index contributed by atoms with van der Waals surface area (Å²) in [7, 11) is 0. The number of halogens is 1. The molecule has 1 aromatic rings. The maximum absolute atomic E-state index is 12.7. The van der Waals surface area contributed by atoms with E-state index in [9.17, 15) is 4.79 Å². The highest BCUT2D eigenvalue weighted by Crippen LogP contribution is 2.28. The molecule has 0 bridgehead atoms. The highest BCUT2D eigenvalue weighted by molar-refractivity contribution is 5.95. The number of nitrogens with one attached hydrogen (secondary N) is 1. The van der Waals surface area contributed by atoms with E-state index in [0.717, 1.165) is 44.1 Å². The molecule has 1 saturated heterocycles. The van der Waals surface area contributed by atoms with Gasteiger partial charge in [0.1, 0.15) is 6.33 Å². The van der Waals surface area contributed by atoms with E-state index in [0.29, 0.717) is 11.6 Å². The van der Waals surface area contributed by atoms with Gasteiger partial charge in [0.25, 0.3) is 5.91 Å². The Hall–Kier alpha value is -1.20. The Morgan fingerprint density at radius 1 is 1.30 bits per heavy atom. The number of amides is 1. The summed E-state index contributed by atoms with van der Waals surface area (Å²) in [6.45, 7) is 6.93. The number of aromatic nitrogens is 2. The van der Waals surface area contributed by atoms with Crippen LogP contribution in [-0.4, -0.2) is 46.5 Å². The van der Waals surface area contributed by atoms with Gasteiger partial charge in [-0.3, -0.25) is 4.79 Å². The van der Waals surface area contributed by atoms with Crippen molar-refractivity contribution in [3.63, 3.8) is 0 Å². The maximum atomic E-state index is 12.7. The molecule has 3 rings (SSSR count). The predicted molar refractivity (Wildman–Crippen MR) is 93.0 cm³/mol. The van der Waals surface area contributed by atoms with Crippen LogP contribution in [0.5, 0.6) is 0 Å². The summed E-state index contributed by atoms with van der Waals surface area (Å²) in [6, 6.07) is 0.571. The number of likely N-dealkylation sites (tertiary alicyclic amines) is 1. The van der Waals surface area contributed by atoms with Crippen LogP contribution in [0, 0.1) is 5.92 Å². The van der Waals surface area contributed by atoms with Crippen molar-refractivity contribution < 1.29 is 4.79 Å². The number of hydrogen-bond acceptors (Lipinski definition) is 4. The van der Waals surface area contributed by atoms with Crippen molar-refractivity contribution in [1.82, 2.24) is 20.2 Å². The number of carbonyl (C=O) groups is 1. The van der Waals surface area contributed by atoms with Crippen LogP contribution in [0.4, 0.5) is 0 Å². The summed E-state index contributed by atoms with van der Waals surface area (Å²) >= 11 is 0. The second kappa shape index (κ2) is 8.06.